The average molecular weight is 310 g/mol. The molecule has 2 aromatic heterocycles. The molecule has 6 heteroatoms. The van der Waals surface area contributed by atoms with Crippen molar-refractivity contribution in [2.45, 2.75) is 6.92 Å². The highest BCUT2D eigenvalue weighted by Gasteiger charge is 2.17. The van der Waals surface area contributed by atoms with Crippen LogP contribution in [0.4, 0.5) is 0 Å². The predicted molar refractivity (Wildman–Crippen MR) is 90.5 cm³/mol. The smallest absolute Gasteiger partial charge is 0.259 e. The molecule has 0 saturated carbocycles. The first-order valence-electron chi connectivity index (χ1n) is 6.71. The minimum atomic E-state index is -0.361. The van der Waals surface area contributed by atoms with Crippen molar-refractivity contribution in [3.8, 4) is 11.3 Å². The third-order valence-corrected chi connectivity index (χ3v) is 3.46. The topological polar surface area (TPSA) is 83.8 Å². The van der Waals surface area contributed by atoms with Crippen molar-refractivity contribution in [2.24, 2.45) is 5.73 Å². The molecule has 110 valence electrons. The van der Waals surface area contributed by atoms with Crippen LogP contribution in [0.1, 0.15) is 16.1 Å². The Balaban J connectivity index is 2.19. The predicted octanol–water partition coefficient (Wildman–Crippen LogP) is 2.51. The fraction of sp³-hybridized carbons (Fsp3) is 0.0625. The summed E-state index contributed by atoms with van der Waals surface area (Å²) in [6, 6.07) is 11.4. The standard InChI is InChI=1S/C16H14N4OS/c1-9-6-7-11(15(21)20-16(17)22)14(19-9)12-8-18-13-5-3-2-4-10(12)13/h2-8,18H,1H3,(H3,17,20,21,22). The number of nitrogens with two attached hydrogens (primary N) is 1. The quantitative estimate of drug-likeness (QED) is 0.635. The number of pyridine rings is 1. The normalized spacial score (nSPS) is 10.6. The zero-order valence-electron chi connectivity index (χ0n) is 11.9. The van der Waals surface area contributed by atoms with Crippen molar-refractivity contribution in [1.29, 1.82) is 0 Å². The van der Waals surface area contributed by atoms with Crippen LogP contribution in [0.3, 0.4) is 0 Å². The summed E-state index contributed by atoms with van der Waals surface area (Å²) < 4.78 is 0. The van der Waals surface area contributed by atoms with E-state index in [4.69, 9.17) is 18.0 Å². The molecule has 1 aromatic carbocycles. The summed E-state index contributed by atoms with van der Waals surface area (Å²) in [5.74, 6) is -0.361. The van der Waals surface area contributed by atoms with Gasteiger partial charge < -0.3 is 10.7 Å². The van der Waals surface area contributed by atoms with Gasteiger partial charge in [0.15, 0.2) is 5.11 Å². The number of nitrogens with zero attached hydrogens (tertiary/aromatic N) is 1. The average Bonchev–Trinajstić information content (AvgIpc) is 2.90. The number of fused-ring (bicyclic) bond motifs is 1. The van der Waals surface area contributed by atoms with Gasteiger partial charge in [-0.25, -0.2) is 0 Å². The second-order valence-electron chi connectivity index (χ2n) is 4.92. The molecule has 4 N–H and O–H groups in total. The van der Waals surface area contributed by atoms with E-state index in [1.807, 2.05) is 37.4 Å². The van der Waals surface area contributed by atoms with Crippen LogP contribution in [0, 0.1) is 6.92 Å². The maximum absolute atomic E-state index is 12.3. The van der Waals surface area contributed by atoms with E-state index in [1.165, 1.54) is 0 Å². The highest BCUT2D eigenvalue weighted by Crippen LogP contribution is 2.29. The second-order valence-corrected chi connectivity index (χ2v) is 5.35. The van der Waals surface area contributed by atoms with Crippen LogP contribution < -0.4 is 11.1 Å². The van der Waals surface area contributed by atoms with E-state index in [2.05, 4.69) is 15.3 Å². The van der Waals surface area contributed by atoms with Gasteiger partial charge in [-0.1, -0.05) is 18.2 Å². The molecule has 3 rings (SSSR count). The van der Waals surface area contributed by atoms with Crippen molar-refractivity contribution in [3.05, 3.63) is 53.9 Å². The number of aromatic amines is 1. The molecule has 0 aliphatic carbocycles. The number of nitrogens with one attached hydrogen (secondary N) is 2. The first kappa shape index (κ1) is 14.2. The lowest BCUT2D eigenvalue weighted by Crippen LogP contribution is -2.35. The molecule has 0 bridgehead atoms. The van der Waals surface area contributed by atoms with Crippen molar-refractivity contribution in [3.63, 3.8) is 0 Å². The van der Waals surface area contributed by atoms with Gasteiger partial charge in [0.05, 0.1) is 11.3 Å². The largest absolute Gasteiger partial charge is 0.376 e. The fourth-order valence-corrected chi connectivity index (χ4v) is 2.48. The Morgan fingerprint density at radius 2 is 2.05 bits per heavy atom. The number of carbonyl (C=O) groups is 1. The molecule has 0 saturated heterocycles. The van der Waals surface area contributed by atoms with Gasteiger partial charge in [0.2, 0.25) is 0 Å². The maximum Gasteiger partial charge on any atom is 0.259 e. The van der Waals surface area contributed by atoms with E-state index in [0.717, 1.165) is 22.2 Å². The zero-order valence-corrected chi connectivity index (χ0v) is 12.7. The number of benzene rings is 1. The summed E-state index contributed by atoms with van der Waals surface area (Å²) in [6.45, 7) is 1.88. The Kier molecular flexibility index (Phi) is 3.60. The van der Waals surface area contributed by atoms with Gasteiger partial charge in [0.25, 0.3) is 5.91 Å². The number of hydrogen-bond acceptors (Lipinski definition) is 3. The minimum absolute atomic E-state index is 0.0598. The van der Waals surface area contributed by atoms with Crippen LogP contribution in [0.2, 0.25) is 0 Å². The van der Waals surface area contributed by atoms with Crippen molar-refractivity contribution >= 4 is 34.1 Å². The maximum atomic E-state index is 12.3. The summed E-state index contributed by atoms with van der Waals surface area (Å²) in [4.78, 5) is 20.0. The molecule has 0 unspecified atom stereocenters. The number of amides is 1. The molecule has 0 aliphatic rings. The molecule has 0 aliphatic heterocycles. The summed E-state index contributed by atoms with van der Waals surface area (Å²) in [7, 11) is 0. The first-order valence-corrected chi connectivity index (χ1v) is 7.12. The SMILES string of the molecule is Cc1ccc(C(=O)NC(N)=S)c(-c2c[nH]c3ccccc23)n1. The summed E-state index contributed by atoms with van der Waals surface area (Å²) in [5, 5.41) is 3.39. The number of H-pyrrole nitrogens is 1. The Hall–Kier alpha value is -2.73. The van der Waals surface area contributed by atoms with Crippen LogP contribution in [-0.4, -0.2) is 21.0 Å². The van der Waals surface area contributed by atoms with Gasteiger partial charge in [0.1, 0.15) is 0 Å². The van der Waals surface area contributed by atoms with E-state index in [-0.39, 0.29) is 11.0 Å². The number of thiocarbonyl (C=S) groups is 1. The van der Waals surface area contributed by atoms with E-state index in [1.54, 1.807) is 12.1 Å². The minimum Gasteiger partial charge on any atom is -0.376 e. The third kappa shape index (κ3) is 2.56. The zero-order chi connectivity index (χ0) is 15.7. The van der Waals surface area contributed by atoms with Crippen LogP contribution in [0.5, 0.6) is 0 Å². The summed E-state index contributed by atoms with van der Waals surface area (Å²) in [5.41, 5.74) is 9.11. The molecule has 2 heterocycles. The fourth-order valence-electron chi connectivity index (χ4n) is 2.39. The number of carbonyl (C=O) groups excluding carboxylic acids is 1. The van der Waals surface area contributed by atoms with Crippen molar-refractivity contribution < 1.29 is 4.79 Å². The van der Waals surface area contributed by atoms with Crippen LogP contribution in [0.25, 0.3) is 22.2 Å². The van der Waals surface area contributed by atoms with Crippen LogP contribution in [-0.2, 0) is 0 Å². The number of hydrogen-bond donors (Lipinski definition) is 3. The Morgan fingerprint density at radius 3 is 2.82 bits per heavy atom. The van der Waals surface area contributed by atoms with E-state index < -0.39 is 0 Å². The summed E-state index contributed by atoms with van der Waals surface area (Å²) in [6.07, 6.45) is 1.85. The highest BCUT2D eigenvalue weighted by atomic mass is 32.1. The molecular formula is C16H14N4OS. The van der Waals surface area contributed by atoms with Crippen LogP contribution >= 0.6 is 12.2 Å². The number of aromatic nitrogens is 2. The molecule has 0 spiro atoms. The molecule has 22 heavy (non-hydrogen) atoms. The van der Waals surface area contributed by atoms with Gasteiger partial charge in [-0.15, -0.1) is 0 Å². The third-order valence-electron chi connectivity index (χ3n) is 3.36. The van der Waals surface area contributed by atoms with Gasteiger partial charge in [-0.3, -0.25) is 15.1 Å². The Bertz CT molecular complexity index is 885. The highest BCUT2D eigenvalue weighted by molar-refractivity contribution is 7.80. The molecule has 3 aromatic rings. The first-order chi connectivity index (χ1) is 10.6. The molecular weight excluding hydrogens is 296 g/mol. The van der Waals surface area contributed by atoms with Crippen molar-refractivity contribution in [1.82, 2.24) is 15.3 Å². The number of rotatable bonds is 2. The van der Waals surface area contributed by atoms with Gasteiger partial charge in [0, 0.05) is 28.4 Å². The van der Waals surface area contributed by atoms with E-state index in [0.29, 0.717) is 11.3 Å². The van der Waals surface area contributed by atoms with Gasteiger partial charge >= 0.3 is 0 Å². The lowest BCUT2D eigenvalue weighted by atomic mass is 10.0. The lowest BCUT2D eigenvalue weighted by molar-refractivity contribution is 0.0978. The van der Waals surface area contributed by atoms with Crippen LogP contribution in [0.15, 0.2) is 42.6 Å². The van der Waals surface area contributed by atoms with E-state index >= 15 is 0 Å². The monoisotopic (exact) mass is 310 g/mol. The Morgan fingerprint density at radius 1 is 1.27 bits per heavy atom. The number of para-hydroxylation sites is 1. The van der Waals surface area contributed by atoms with Gasteiger partial charge in [-0.05, 0) is 37.3 Å². The lowest BCUT2D eigenvalue weighted by Gasteiger charge is -2.09. The molecule has 0 atom stereocenters. The number of aryl methyl sites for hydroxylation is 1. The molecule has 5 nitrogen and oxygen atoms in total. The second kappa shape index (κ2) is 5.57. The molecule has 0 radical (unpaired) electrons. The molecule has 1 amide bonds. The van der Waals surface area contributed by atoms with Crippen molar-refractivity contribution in [2.75, 3.05) is 0 Å². The van der Waals surface area contributed by atoms with Gasteiger partial charge in [-0.2, -0.15) is 0 Å². The molecule has 0 fully saturated rings. The van der Waals surface area contributed by atoms with E-state index in [9.17, 15) is 4.79 Å². The Labute approximate surface area is 132 Å². The summed E-state index contributed by atoms with van der Waals surface area (Å²) >= 11 is 4.74.